The molecule has 1 aromatic rings. The molecular formula is C13H20ClNO2. The minimum absolute atomic E-state index is 0.385. The Labute approximate surface area is 108 Å². The Balaban J connectivity index is 2.56. The van der Waals surface area contributed by atoms with Crippen molar-refractivity contribution < 1.29 is 9.47 Å². The van der Waals surface area contributed by atoms with Gasteiger partial charge >= 0.3 is 0 Å². The molecule has 0 aliphatic carbocycles. The maximum absolute atomic E-state index is 6.15. The van der Waals surface area contributed by atoms with Crippen molar-refractivity contribution in [2.24, 2.45) is 0 Å². The van der Waals surface area contributed by atoms with Gasteiger partial charge in [0.25, 0.3) is 0 Å². The molecule has 4 heteroatoms. The molecule has 0 spiro atoms. The average Bonchev–Trinajstić information content (AvgIpc) is 2.34. The molecule has 3 nitrogen and oxygen atoms in total. The van der Waals surface area contributed by atoms with E-state index in [4.69, 9.17) is 21.1 Å². The van der Waals surface area contributed by atoms with Crippen LogP contribution in [0.3, 0.4) is 0 Å². The quantitative estimate of drug-likeness (QED) is 0.815. The summed E-state index contributed by atoms with van der Waals surface area (Å²) < 4.78 is 10.3. The van der Waals surface area contributed by atoms with E-state index < -0.39 is 0 Å². The van der Waals surface area contributed by atoms with Gasteiger partial charge in [-0.25, -0.2) is 0 Å². The molecule has 0 saturated heterocycles. The Bertz CT molecular complexity index is 344. The first kappa shape index (κ1) is 14.3. The minimum atomic E-state index is 0.385. The topological polar surface area (TPSA) is 30.5 Å². The van der Waals surface area contributed by atoms with E-state index in [0.717, 1.165) is 29.4 Å². The van der Waals surface area contributed by atoms with Gasteiger partial charge in [0.2, 0.25) is 0 Å². The maximum Gasteiger partial charge on any atom is 0.124 e. The highest BCUT2D eigenvalue weighted by atomic mass is 35.5. The van der Waals surface area contributed by atoms with Crippen molar-refractivity contribution in [1.29, 1.82) is 0 Å². The van der Waals surface area contributed by atoms with Crippen LogP contribution >= 0.6 is 11.6 Å². The molecule has 1 aromatic carbocycles. The lowest BCUT2D eigenvalue weighted by molar-refractivity contribution is 0.184. The number of nitrogens with one attached hydrogen (secondary N) is 1. The number of ether oxygens (including phenoxy) is 2. The fourth-order valence-corrected chi connectivity index (χ4v) is 1.81. The first-order valence-corrected chi connectivity index (χ1v) is 6.10. The highest BCUT2D eigenvalue weighted by Gasteiger charge is 2.08. The maximum atomic E-state index is 6.15. The van der Waals surface area contributed by atoms with Crippen LogP contribution in [0.2, 0.25) is 5.02 Å². The summed E-state index contributed by atoms with van der Waals surface area (Å²) in [4.78, 5) is 0. The van der Waals surface area contributed by atoms with Gasteiger partial charge in [-0.15, -0.1) is 0 Å². The van der Waals surface area contributed by atoms with Crippen LogP contribution in [-0.4, -0.2) is 26.9 Å². The normalized spacial score (nSPS) is 12.5. The van der Waals surface area contributed by atoms with Crippen LogP contribution in [0.15, 0.2) is 18.2 Å². The minimum Gasteiger partial charge on any atom is -0.496 e. The molecule has 1 unspecified atom stereocenters. The van der Waals surface area contributed by atoms with Gasteiger partial charge in [0.1, 0.15) is 5.75 Å². The van der Waals surface area contributed by atoms with Crippen molar-refractivity contribution in [3.05, 3.63) is 28.8 Å². The first-order chi connectivity index (χ1) is 8.19. The number of benzene rings is 1. The van der Waals surface area contributed by atoms with E-state index in [1.807, 2.05) is 18.2 Å². The lowest BCUT2D eigenvalue weighted by atomic mass is 10.1. The predicted molar refractivity (Wildman–Crippen MR) is 70.8 cm³/mol. The second-order valence-corrected chi connectivity index (χ2v) is 4.39. The van der Waals surface area contributed by atoms with E-state index in [0.29, 0.717) is 12.6 Å². The van der Waals surface area contributed by atoms with Crippen LogP contribution in [0.4, 0.5) is 0 Å². The van der Waals surface area contributed by atoms with Crippen LogP contribution in [0.5, 0.6) is 5.75 Å². The molecule has 96 valence electrons. The number of methoxy groups -OCH3 is 2. The van der Waals surface area contributed by atoms with E-state index in [2.05, 4.69) is 12.2 Å². The van der Waals surface area contributed by atoms with Gasteiger partial charge < -0.3 is 14.8 Å². The summed E-state index contributed by atoms with van der Waals surface area (Å²) >= 11 is 6.15. The smallest absolute Gasteiger partial charge is 0.124 e. The molecule has 0 aromatic heterocycles. The van der Waals surface area contributed by atoms with Crippen LogP contribution in [0.25, 0.3) is 0 Å². The van der Waals surface area contributed by atoms with Gasteiger partial charge in [-0.05, 0) is 25.5 Å². The molecule has 0 saturated carbocycles. The third-order valence-electron chi connectivity index (χ3n) is 2.68. The van der Waals surface area contributed by atoms with E-state index >= 15 is 0 Å². The number of halogens is 1. The van der Waals surface area contributed by atoms with Crippen molar-refractivity contribution in [2.45, 2.75) is 25.9 Å². The Kier molecular flexibility index (Phi) is 6.34. The van der Waals surface area contributed by atoms with Crippen molar-refractivity contribution in [3.63, 3.8) is 0 Å². The SMILES string of the molecule is COCCC(C)NCc1c(Cl)cccc1OC. The molecule has 0 heterocycles. The largest absolute Gasteiger partial charge is 0.496 e. The first-order valence-electron chi connectivity index (χ1n) is 5.72. The lowest BCUT2D eigenvalue weighted by Gasteiger charge is -2.16. The summed E-state index contributed by atoms with van der Waals surface area (Å²) in [6.07, 6.45) is 0.975. The summed E-state index contributed by atoms with van der Waals surface area (Å²) in [5.41, 5.74) is 1.00. The molecule has 0 aliphatic heterocycles. The average molecular weight is 258 g/mol. The number of rotatable bonds is 7. The van der Waals surface area contributed by atoms with Crippen molar-refractivity contribution in [3.8, 4) is 5.75 Å². The molecule has 1 atom stereocenters. The molecule has 0 amide bonds. The van der Waals surface area contributed by atoms with Gasteiger partial charge in [0, 0.05) is 36.9 Å². The fraction of sp³-hybridized carbons (Fsp3) is 0.538. The van der Waals surface area contributed by atoms with E-state index in [9.17, 15) is 0 Å². The summed E-state index contributed by atoms with van der Waals surface area (Å²) in [6.45, 7) is 3.59. The zero-order valence-electron chi connectivity index (χ0n) is 10.6. The van der Waals surface area contributed by atoms with Crippen LogP contribution in [-0.2, 0) is 11.3 Å². The van der Waals surface area contributed by atoms with E-state index in [-0.39, 0.29) is 0 Å². The third-order valence-corrected chi connectivity index (χ3v) is 3.03. The summed E-state index contributed by atoms with van der Waals surface area (Å²) in [6, 6.07) is 6.07. The predicted octanol–water partition coefficient (Wildman–Crippen LogP) is 2.86. The van der Waals surface area contributed by atoms with Crippen molar-refractivity contribution in [2.75, 3.05) is 20.8 Å². The standard InChI is InChI=1S/C13H20ClNO2/c1-10(7-8-16-2)15-9-11-12(14)5-4-6-13(11)17-3/h4-6,10,15H,7-9H2,1-3H3. The van der Waals surface area contributed by atoms with E-state index in [1.165, 1.54) is 0 Å². The van der Waals surface area contributed by atoms with Gasteiger partial charge in [0.15, 0.2) is 0 Å². The zero-order chi connectivity index (χ0) is 12.7. The summed E-state index contributed by atoms with van der Waals surface area (Å²) in [5.74, 6) is 0.823. The molecule has 17 heavy (non-hydrogen) atoms. The Morgan fingerprint density at radius 1 is 1.35 bits per heavy atom. The molecule has 0 fully saturated rings. The molecule has 1 rings (SSSR count). The van der Waals surface area contributed by atoms with Crippen LogP contribution in [0.1, 0.15) is 18.9 Å². The molecule has 0 bridgehead atoms. The molecule has 0 aliphatic rings. The van der Waals surface area contributed by atoms with Crippen molar-refractivity contribution >= 4 is 11.6 Å². The van der Waals surface area contributed by atoms with Crippen LogP contribution < -0.4 is 10.1 Å². The summed E-state index contributed by atoms with van der Waals surface area (Å²) in [7, 11) is 3.37. The zero-order valence-corrected chi connectivity index (χ0v) is 11.4. The van der Waals surface area contributed by atoms with Crippen molar-refractivity contribution in [1.82, 2.24) is 5.32 Å². The number of hydrogen-bond acceptors (Lipinski definition) is 3. The fourth-order valence-electron chi connectivity index (χ4n) is 1.57. The highest BCUT2D eigenvalue weighted by Crippen LogP contribution is 2.25. The Morgan fingerprint density at radius 3 is 2.76 bits per heavy atom. The van der Waals surface area contributed by atoms with E-state index in [1.54, 1.807) is 14.2 Å². The number of hydrogen-bond donors (Lipinski definition) is 1. The van der Waals surface area contributed by atoms with Gasteiger partial charge in [-0.3, -0.25) is 0 Å². The third kappa shape index (κ3) is 4.54. The molecule has 1 N–H and O–H groups in total. The highest BCUT2D eigenvalue weighted by molar-refractivity contribution is 6.31. The monoisotopic (exact) mass is 257 g/mol. The van der Waals surface area contributed by atoms with Gasteiger partial charge in [0.05, 0.1) is 7.11 Å². The van der Waals surface area contributed by atoms with Crippen LogP contribution in [0, 0.1) is 0 Å². The summed E-state index contributed by atoms with van der Waals surface area (Å²) in [5, 5.41) is 4.14. The lowest BCUT2D eigenvalue weighted by Crippen LogP contribution is -2.27. The molecule has 0 radical (unpaired) electrons. The second-order valence-electron chi connectivity index (χ2n) is 3.98. The van der Waals surface area contributed by atoms with Gasteiger partial charge in [-0.2, -0.15) is 0 Å². The second kappa shape index (κ2) is 7.54. The molecular weight excluding hydrogens is 238 g/mol. The Morgan fingerprint density at radius 2 is 2.12 bits per heavy atom. The van der Waals surface area contributed by atoms with Gasteiger partial charge in [-0.1, -0.05) is 17.7 Å². The Hall–Kier alpha value is -0.770.